The number of nitrogens with zero attached hydrogens (tertiary/aromatic N) is 1. The molecule has 3 aliphatic rings. The third kappa shape index (κ3) is 9.11. The Kier molecular flexibility index (Phi) is 12.6. The van der Waals surface area contributed by atoms with Gasteiger partial charge in [0.1, 0.15) is 17.0 Å². The number of unbranched alkanes of at least 4 members (excludes halogenated alkanes) is 14. The van der Waals surface area contributed by atoms with E-state index < -0.39 is 5.60 Å². The first-order valence-electron chi connectivity index (χ1n) is 16.9. The molecule has 1 aromatic carbocycles. The lowest BCUT2D eigenvalue weighted by atomic mass is 9.95. The van der Waals surface area contributed by atoms with Crippen LogP contribution in [0.15, 0.2) is 59.4 Å². The molecule has 0 saturated carbocycles. The van der Waals surface area contributed by atoms with Crippen LogP contribution in [0.25, 0.3) is 34.8 Å². The second-order valence-corrected chi connectivity index (χ2v) is 12.7. The molecule has 1 aliphatic carbocycles. The van der Waals surface area contributed by atoms with E-state index in [2.05, 4.69) is 35.9 Å². The minimum Gasteiger partial charge on any atom is -0.495 e. The fraction of sp³-hybridized carbons (Fsp3) is 0.513. The van der Waals surface area contributed by atoms with Gasteiger partial charge in [0.25, 0.3) is 0 Å². The van der Waals surface area contributed by atoms with Crippen LogP contribution in [-0.4, -0.2) is 17.3 Å². The van der Waals surface area contributed by atoms with Crippen LogP contribution >= 0.6 is 0 Å². The molecule has 0 bridgehead atoms. The van der Waals surface area contributed by atoms with Gasteiger partial charge in [0.05, 0.1) is 18.4 Å². The quantitative estimate of drug-likeness (QED) is 0.140. The average Bonchev–Trinajstić information content (AvgIpc) is 3.01. The summed E-state index contributed by atoms with van der Waals surface area (Å²) in [5.74, 6) is 1.41. The maximum atomic E-state index is 13.3. The highest BCUT2D eigenvalue weighted by molar-refractivity contribution is 5.85. The van der Waals surface area contributed by atoms with E-state index in [4.69, 9.17) is 9.47 Å². The Bertz CT molecular complexity index is 1370. The van der Waals surface area contributed by atoms with Crippen molar-refractivity contribution < 1.29 is 9.47 Å². The predicted molar refractivity (Wildman–Crippen MR) is 183 cm³/mol. The maximum absolute atomic E-state index is 13.3. The Balaban J connectivity index is 1.41. The fourth-order valence-electron chi connectivity index (χ4n) is 6.11. The number of hydrogen-bond acceptors (Lipinski definition) is 3. The van der Waals surface area contributed by atoms with Crippen molar-refractivity contribution in [2.75, 3.05) is 7.11 Å². The normalized spacial score (nSPS) is 13.9. The van der Waals surface area contributed by atoms with Gasteiger partial charge in [-0.25, -0.2) is 0 Å². The van der Waals surface area contributed by atoms with Crippen LogP contribution < -0.4 is 14.9 Å². The summed E-state index contributed by atoms with van der Waals surface area (Å²) in [6, 6.07) is 13.8. The predicted octanol–water partition coefficient (Wildman–Crippen LogP) is 11.2. The first kappa shape index (κ1) is 32.6. The summed E-state index contributed by atoms with van der Waals surface area (Å²) >= 11 is 0. The van der Waals surface area contributed by atoms with Gasteiger partial charge in [0, 0.05) is 17.3 Å². The number of aromatic nitrogens is 1. The smallest absolute Gasteiger partial charge is 0.188 e. The van der Waals surface area contributed by atoms with Gasteiger partial charge in [-0.05, 0) is 44.9 Å². The molecule has 0 unspecified atom stereocenters. The molecule has 4 heteroatoms. The number of methoxy groups -OCH3 is 1. The molecule has 0 fully saturated rings. The molecule has 2 heterocycles. The third-order valence-electron chi connectivity index (χ3n) is 8.55. The van der Waals surface area contributed by atoms with E-state index in [0.29, 0.717) is 11.3 Å². The molecule has 4 rings (SSSR count). The molecule has 0 N–H and O–H groups in total. The minimum absolute atomic E-state index is 0.0336. The topological polar surface area (TPSA) is 40.5 Å². The van der Waals surface area contributed by atoms with Crippen molar-refractivity contribution in [1.82, 2.24) is 4.57 Å². The van der Waals surface area contributed by atoms with E-state index in [0.717, 1.165) is 41.1 Å². The van der Waals surface area contributed by atoms with Gasteiger partial charge in [-0.1, -0.05) is 133 Å². The van der Waals surface area contributed by atoms with Gasteiger partial charge in [-0.15, -0.1) is 0 Å². The van der Waals surface area contributed by atoms with Crippen molar-refractivity contribution in [3.05, 3.63) is 70.4 Å². The Labute approximate surface area is 260 Å². The molecule has 0 aromatic heterocycles. The molecule has 4 nitrogen and oxygen atoms in total. The number of allylic oxidation sites excluding steroid dienone is 1. The summed E-state index contributed by atoms with van der Waals surface area (Å²) in [6.45, 7) is 6.37. The number of hydrogen-bond donors (Lipinski definition) is 0. The standard InChI is InChI=1S/C39H53NO3/c1-5-6-7-8-9-10-11-12-13-14-15-16-17-18-19-23-28-40-36(31-24-21-20-22-25-31)35(42-4)30-33-34(41)29-32-26-27-39(2,3)43-38(32)37(33)40/h20-30H,5-19H2,1-4H3. The van der Waals surface area contributed by atoms with Gasteiger partial charge in [-0.3, -0.25) is 4.79 Å². The lowest BCUT2D eigenvalue weighted by Gasteiger charge is -2.31. The summed E-state index contributed by atoms with van der Waals surface area (Å²) in [5, 5.41) is 0. The van der Waals surface area contributed by atoms with Gasteiger partial charge in [0.15, 0.2) is 11.2 Å². The molecule has 0 amide bonds. The summed E-state index contributed by atoms with van der Waals surface area (Å²) in [6.07, 6.45) is 28.4. The van der Waals surface area contributed by atoms with E-state index in [9.17, 15) is 4.79 Å². The minimum atomic E-state index is -0.465. The number of pyridine rings is 1. The number of ether oxygens (including phenoxy) is 2. The molecule has 1 aromatic rings. The van der Waals surface area contributed by atoms with Gasteiger partial charge < -0.3 is 14.0 Å². The van der Waals surface area contributed by atoms with Gasteiger partial charge >= 0.3 is 0 Å². The molecule has 0 saturated heterocycles. The van der Waals surface area contributed by atoms with Crippen LogP contribution in [0.3, 0.4) is 0 Å². The molecule has 0 radical (unpaired) electrons. The summed E-state index contributed by atoms with van der Waals surface area (Å²) in [4.78, 5) is 13.3. The van der Waals surface area contributed by atoms with Crippen molar-refractivity contribution in [3.63, 3.8) is 0 Å². The van der Waals surface area contributed by atoms with Crippen molar-refractivity contribution in [2.24, 2.45) is 0 Å². The highest BCUT2D eigenvalue weighted by atomic mass is 16.5. The van der Waals surface area contributed by atoms with Crippen LogP contribution in [0.5, 0.6) is 11.5 Å². The van der Waals surface area contributed by atoms with Gasteiger partial charge in [-0.2, -0.15) is 0 Å². The van der Waals surface area contributed by atoms with E-state index in [1.807, 2.05) is 50.3 Å². The van der Waals surface area contributed by atoms with Crippen LogP contribution in [0, 0.1) is 0 Å². The first-order valence-corrected chi connectivity index (χ1v) is 16.9. The average molecular weight is 584 g/mol. The van der Waals surface area contributed by atoms with Crippen LogP contribution in [0.4, 0.5) is 0 Å². The zero-order chi connectivity index (χ0) is 30.5. The summed E-state index contributed by atoms with van der Waals surface area (Å²) in [5.41, 5.74) is 3.64. The van der Waals surface area contributed by atoms with Gasteiger partial charge in [0.2, 0.25) is 0 Å². The number of benzene rings is 2. The largest absolute Gasteiger partial charge is 0.495 e. The monoisotopic (exact) mass is 583 g/mol. The fourth-order valence-corrected chi connectivity index (χ4v) is 6.11. The maximum Gasteiger partial charge on any atom is 0.188 e. The molecule has 0 atom stereocenters. The highest BCUT2D eigenvalue weighted by Crippen LogP contribution is 2.44. The number of fused-ring (bicyclic) bond motifs is 3. The van der Waals surface area contributed by atoms with Crippen molar-refractivity contribution in [1.29, 1.82) is 0 Å². The van der Waals surface area contributed by atoms with Crippen LogP contribution in [0.2, 0.25) is 0 Å². The molecular weight excluding hydrogens is 530 g/mol. The van der Waals surface area contributed by atoms with E-state index in [1.165, 1.54) is 83.5 Å². The molecule has 43 heavy (non-hydrogen) atoms. The van der Waals surface area contributed by atoms with E-state index >= 15 is 0 Å². The zero-order valence-corrected chi connectivity index (χ0v) is 27.1. The third-order valence-corrected chi connectivity index (χ3v) is 8.55. The Morgan fingerprint density at radius 1 is 0.814 bits per heavy atom. The second-order valence-electron chi connectivity index (χ2n) is 12.7. The molecule has 2 aliphatic heterocycles. The van der Waals surface area contributed by atoms with Crippen LogP contribution in [0.1, 0.15) is 123 Å². The van der Waals surface area contributed by atoms with E-state index in [-0.39, 0.29) is 5.43 Å². The van der Waals surface area contributed by atoms with Crippen molar-refractivity contribution in [3.8, 4) is 34.0 Å². The lowest BCUT2D eigenvalue weighted by Crippen LogP contribution is -2.29. The Morgan fingerprint density at radius 3 is 2.02 bits per heavy atom. The SMILES string of the molecule is CCCCCCCCCCCCCCCCC=Cn1c(-c2ccccc2)c(OC)cc2c(=O)cc3c(c1-2)OC(C)(C)C=C3. The van der Waals surface area contributed by atoms with E-state index in [1.54, 1.807) is 13.2 Å². The summed E-state index contributed by atoms with van der Waals surface area (Å²) in [7, 11) is 1.67. The Hall–Kier alpha value is -3.27. The number of rotatable bonds is 18. The lowest BCUT2D eigenvalue weighted by molar-refractivity contribution is 0.159. The first-order chi connectivity index (χ1) is 20.9. The molecule has 232 valence electrons. The van der Waals surface area contributed by atoms with Crippen molar-refractivity contribution >= 4 is 12.3 Å². The molecular formula is C39H53NO3. The zero-order valence-electron chi connectivity index (χ0n) is 27.1. The summed E-state index contributed by atoms with van der Waals surface area (Å²) < 4.78 is 14.5. The van der Waals surface area contributed by atoms with Crippen LogP contribution in [-0.2, 0) is 0 Å². The second kappa shape index (κ2) is 16.5. The van der Waals surface area contributed by atoms with Crippen molar-refractivity contribution in [2.45, 2.75) is 123 Å². The Morgan fingerprint density at radius 2 is 1.42 bits per heavy atom. The highest BCUT2D eigenvalue weighted by Gasteiger charge is 2.30. The molecule has 0 spiro atoms.